The van der Waals surface area contributed by atoms with Crippen LogP contribution in [0.1, 0.15) is 55.1 Å². The number of piperidine rings is 1. The summed E-state index contributed by atoms with van der Waals surface area (Å²) in [6, 6.07) is 0.341. The highest BCUT2D eigenvalue weighted by molar-refractivity contribution is 7.09. The number of nitrogens with zero attached hydrogens (tertiary/aromatic N) is 2. The maximum atomic E-state index is 11.9. The highest BCUT2D eigenvalue weighted by Crippen LogP contribution is 2.41. The number of nitrogens with one attached hydrogen (secondary N) is 1. The first-order chi connectivity index (χ1) is 10.3. The molecular weight excluding hydrogens is 282 g/mol. The van der Waals surface area contributed by atoms with Crippen molar-refractivity contribution >= 4 is 17.2 Å². The number of carbonyl (C=O) groups is 1. The van der Waals surface area contributed by atoms with Gasteiger partial charge in [0, 0.05) is 36.3 Å². The lowest BCUT2D eigenvalue weighted by Gasteiger charge is -2.32. The number of thiazole rings is 1. The van der Waals surface area contributed by atoms with Crippen molar-refractivity contribution in [3.63, 3.8) is 0 Å². The topological polar surface area (TPSA) is 45.2 Å². The molecule has 114 valence electrons. The van der Waals surface area contributed by atoms with Gasteiger partial charge in [0.15, 0.2) is 0 Å². The molecule has 0 bridgehead atoms. The molecule has 1 saturated heterocycles. The molecule has 2 heterocycles. The highest BCUT2D eigenvalue weighted by Gasteiger charge is 2.32. The molecule has 5 heteroatoms. The van der Waals surface area contributed by atoms with E-state index in [-0.39, 0.29) is 5.91 Å². The third kappa shape index (κ3) is 3.46. The van der Waals surface area contributed by atoms with Gasteiger partial charge in [-0.25, -0.2) is 4.98 Å². The second-order valence-corrected chi connectivity index (χ2v) is 7.70. The molecule has 0 aromatic carbocycles. The average Bonchev–Trinajstić information content (AvgIpc) is 3.38. The molecule has 1 atom stereocenters. The van der Waals surface area contributed by atoms with Gasteiger partial charge in [0.2, 0.25) is 5.91 Å². The zero-order valence-corrected chi connectivity index (χ0v) is 13.2. The van der Waals surface area contributed by atoms with Crippen molar-refractivity contribution in [3.8, 4) is 0 Å². The maximum absolute atomic E-state index is 11.9. The number of carbonyl (C=O) groups excluding carboxylic acids is 1. The summed E-state index contributed by atoms with van der Waals surface area (Å²) < 4.78 is 0. The Balaban J connectivity index is 1.30. The summed E-state index contributed by atoms with van der Waals surface area (Å²) in [6.45, 7) is 3.06. The summed E-state index contributed by atoms with van der Waals surface area (Å²) in [7, 11) is 0. The fraction of sp³-hybridized carbons (Fsp3) is 0.750. The van der Waals surface area contributed by atoms with Gasteiger partial charge in [-0.05, 0) is 45.1 Å². The predicted molar refractivity (Wildman–Crippen MR) is 83.3 cm³/mol. The fourth-order valence-corrected chi connectivity index (χ4v) is 4.11. The molecule has 0 radical (unpaired) electrons. The maximum Gasteiger partial charge on any atom is 0.223 e. The molecular formula is C16H23N3OS. The van der Waals surface area contributed by atoms with Gasteiger partial charge >= 0.3 is 0 Å². The molecule has 4 rings (SSSR count). The van der Waals surface area contributed by atoms with E-state index in [4.69, 9.17) is 4.98 Å². The molecule has 1 N–H and O–H groups in total. The van der Waals surface area contributed by atoms with Crippen molar-refractivity contribution in [2.24, 2.45) is 5.92 Å². The van der Waals surface area contributed by atoms with Gasteiger partial charge in [-0.15, -0.1) is 11.3 Å². The van der Waals surface area contributed by atoms with E-state index in [9.17, 15) is 4.79 Å². The number of hydrogen-bond acceptors (Lipinski definition) is 4. The number of likely N-dealkylation sites (tertiary alicyclic amines) is 1. The van der Waals surface area contributed by atoms with Crippen LogP contribution in [0, 0.1) is 5.92 Å². The van der Waals surface area contributed by atoms with Crippen molar-refractivity contribution in [1.29, 1.82) is 0 Å². The molecule has 3 aliphatic rings. The molecule has 4 nitrogen and oxygen atoms in total. The van der Waals surface area contributed by atoms with E-state index in [2.05, 4.69) is 15.6 Å². The molecule has 0 spiro atoms. The monoisotopic (exact) mass is 305 g/mol. The van der Waals surface area contributed by atoms with Gasteiger partial charge in [0.1, 0.15) is 0 Å². The Morgan fingerprint density at radius 3 is 2.95 bits per heavy atom. The first kappa shape index (κ1) is 13.7. The largest absolute Gasteiger partial charge is 0.352 e. The smallest absolute Gasteiger partial charge is 0.223 e. The lowest BCUT2D eigenvalue weighted by atomic mass is 10.1. The van der Waals surface area contributed by atoms with Gasteiger partial charge < -0.3 is 5.32 Å². The summed E-state index contributed by atoms with van der Waals surface area (Å²) >= 11 is 1.82. The molecule has 1 aromatic rings. The molecule has 2 aliphatic carbocycles. The minimum absolute atomic E-state index is 0.284. The standard InChI is InChI=1S/C16H23N3OS/c20-15(11-3-4-11)17-13-2-1-7-19(8-13)9-14-10-21-16(18-14)12-5-6-12/h10-13H,1-9H2,(H,17,20). The molecule has 1 unspecified atom stereocenters. The van der Waals surface area contributed by atoms with E-state index < -0.39 is 0 Å². The first-order valence-corrected chi connectivity index (χ1v) is 9.13. The average molecular weight is 305 g/mol. The molecule has 21 heavy (non-hydrogen) atoms. The van der Waals surface area contributed by atoms with Crippen molar-refractivity contribution < 1.29 is 4.79 Å². The minimum Gasteiger partial charge on any atom is -0.352 e. The van der Waals surface area contributed by atoms with E-state index in [1.807, 2.05) is 11.3 Å². The first-order valence-electron chi connectivity index (χ1n) is 8.25. The van der Waals surface area contributed by atoms with Crippen LogP contribution < -0.4 is 5.32 Å². The predicted octanol–water partition coefficient (Wildman–Crippen LogP) is 2.51. The van der Waals surface area contributed by atoms with Crippen LogP contribution in [0.2, 0.25) is 0 Å². The molecule has 2 saturated carbocycles. The van der Waals surface area contributed by atoms with Crippen molar-refractivity contribution in [2.75, 3.05) is 13.1 Å². The summed E-state index contributed by atoms with van der Waals surface area (Å²) in [4.78, 5) is 19.1. The van der Waals surface area contributed by atoms with E-state index in [0.717, 1.165) is 44.8 Å². The second-order valence-electron chi connectivity index (χ2n) is 6.81. The highest BCUT2D eigenvalue weighted by atomic mass is 32.1. The second kappa shape index (κ2) is 5.69. The van der Waals surface area contributed by atoms with Gasteiger partial charge in [0.25, 0.3) is 0 Å². The number of aromatic nitrogens is 1. The van der Waals surface area contributed by atoms with E-state index in [1.165, 1.54) is 30.0 Å². The quantitative estimate of drug-likeness (QED) is 0.909. The SMILES string of the molecule is O=C(NC1CCCN(Cc2csc(C3CC3)n2)C1)C1CC1. The van der Waals surface area contributed by atoms with Gasteiger partial charge in [-0.2, -0.15) is 0 Å². The van der Waals surface area contributed by atoms with Crippen molar-refractivity contribution in [2.45, 2.75) is 57.0 Å². The van der Waals surface area contributed by atoms with Gasteiger partial charge in [-0.3, -0.25) is 9.69 Å². The van der Waals surface area contributed by atoms with Crippen LogP contribution in [0.4, 0.5) is 0 Å². The van der Waals surface area contributed by atoms with Crippen LogP contribution in [0.5, 0.6) is 0 Å². The minimum atomic E-state index is 0.284. The van der Waals surface area contributed by atoms with Gasteiger partial charge in [-0.1, -0.05) is 0 Å². The summed E-state index contributed by atoms with van der Waals surface area (Å²) in [6.07, 6.45) is 7.13. The number of amides is 1. The molecule has 1 aliphatic heterocycles. The third-order valence-electron chi connectivity index (χ3n) is 4.68. The van der Waals surface area contributed by atoms with E-state index in [0.29, 0.717) is 12.0 Å². The normalized spacial score (nSPS) is 26.8. The number of rotatable bonds is 5. The zero-order chi connectivity index (χ0) is 14.2. The van der Waals surface area contributed by atoms with Crippen molar-refractivity contribution in [3.05, 3.63) is 16.1 Å². The Morgan fingerprint density at radius 1 is 1.33 bits per heavy atom. The summed E-state index contributed by atoms with van der Waals surface area (Å²) in [5.74, 6) is 1.36. The lowest BCUT2D eigenvalue weighted by molar-refractivity contribution is -0.123. The Bertz CT molecular complexity index is 521. The van der Waals surface area contributed by atoms with Crippen molar-refractivity contribution in [1.82, 2.24) is 15.2 Å². The van der Waals surface area contributed by atoms with E-state index >= 15 is 0 Å². The van der Waals surface area contributed by atoms with Crippen LogP contribution in [0.25, 0.3) is 0 Å². The van der Waals surface area contributed by atoms with Crippen LogP contribution in [0.3, 0.4) is 0 Å². The van der Waals surface area contributed by atoms with Crippen LogP contribution >= 0.6 is 11.3 Å². The Kier molecular flexibility index (Phi) is 3.71. The summed E-state index contributed by atoms with van der Waals surface area (Å²) in [5, 5.41) is 6.79. The number of hydrogen-bond donors (Lipinski definition) is 1. The Hall–Kier alpha value is -0.940. The Morgan fingerprint density at radius 2 is 2.19 bits per heavy atom. The van der Waals surface area contributed by atoms with Gasteiger partial charge in [0.05, 0.1) is 10.7 Å². The van der Waals surface area contributed by atoms with Crippen LogP contribution in [-0.4, -0.2) is 34.9 Å². The molecule has 1 amide bonds. The van der Waals surface area contributed by atoms with Crippen LogP contribution in [0.15, 0.2) is 5.38 Å². The zero-order valence-electron chi connectivity index (χ0n) is 12.4. The Labute approximate surface area is 129 Å². The summed E-state index contributed by atoms with van der Waals surface area (Å²) in [5.41, 5.74) is 1.22. The van der Waals surface area contributed by atoms with E-state index in [1.54, 1.807) is 0 Å². The fourth-order valence-electron chi connectivity index (χ4n) is 3.12. The molecule has 1 aromatic heterocycles. The van der Waals surface area contributed by atoms with Crippen LogP contribution in [-0.2, 0) is 11.3 Å². The lowest BCUT2D eigenvalue weighted by Crippen LogP contribution is -2.47. The molecule has 3 fully saturated rings. The third-order valence-corrected chi connectivity index (χ3v) is 5.74.